The van der Waals surface area contributed by atoms with Gasteiger partial charge in [0.05, 0.1) is 10.6 Å². The molecule has 5 heteroatoms. The van der Waals surface area contributed by atoms with Gasteiger partial charge in [0.1, 0.15) is 0 Å². The van der Waals surface area contributed by atoms with Crippen molar-refractivity contribution in [1.29, 1.82) is 0 Å². The minimum absolute atomic E-state index is 0.178. The van der Waals surface area contributed by atoms with E-state index in [-0.39, 0.29) is 5.91 Å². The lowest BCUT2D eigenvalue weighted by atomic mass is 10.2. The highest BCUT2D eigenvalue weighted by molar-refractivity contribution is 7.80. The Morgan fingerprint density at radius 2 is 2.06 bits per heavy atom. The first kappa shape index (κ1) is 13.1. The third-order valence-electron chi connectivity index (χ3n) is 2.49. The van der Waals surface area contributed by atoms with Crippen LogP contribution in [0.4, 0.5) is 0 Å². The second-order valence-electron chi connectivity index (χ2n) is 3.73. The van der Waals surface area contributed by atoms with Gasteiger partial charge in [0.2, 0.25) is 0 Å². The smallest absolute Gasteiger partial charge is 0.252 e. The Balaban J connectivity index is 2.30. The fourth-order valence-electron chi connectivity index (χ4n) is 1.62. The first-order valence-electron chi connectivity index (χ1n) is 5.54. The Labute approximate surface area is 116 Å². The minimum Gasteiger partial charge on any atom is -0.351 e. The second kappa shape index (κ2) is 5.98. The van der Waals surface area contributed by atoms with Gasteiger partial charge < -0.3 is 9.88 Å². The van der Waals surface area contributed by atoms with E-state index in [1.165, 1.54) is 0 Å². The number of benzene rings is 1. The Kier molecular flexibility index (Phi) is 4.33. The number of hydrogen-bond acceptors (Lipinski definition) is 2. The maximum Gasteiger partial charge on any atom is 0.252 e. The summed E-state index contributed by atoms with van der Waals surface area (Å²) < 4.78 is 1.92. The van der Waals surface area contributed by atoms with Gasteiger partial charge in [-0.15, -0.1) is 0 Å². The van der Waals surface area contributed by atoms with Gasteiger partial charge in [-0.2, -0.15) is 12.6 Å². The summed E-state index contributed by atoms with van der Waals surface area (Å²) in [5, 5.41) is 3.20. The average molecular weight is 281 g/mol. The van der Waals surface area contributed by atoms with Crippen LogP contribution < -0.4 is 5.32 Å². The Hall–Kier alpha value is -1.39. The van der Waals surface area contributed by atoms with Crippen LogP contribution >= 0.6 is 24.2 Å². The summed E-state index contributed by atoms with van der Waals surface area (Å²) in [5.74, 6) is 0.420. The lowest BCUT2D eigenvalue weighted by Crippen LogP contribution is -2.25. The first-order chi connectivity index (χ1) is 8.72. The molecule has 0 saturated carbocycles. The van der Waals surface area contributed by atoms with E-state index in [1.807, 2.05) is 35.2 Å². The molecule has 0 atom stereocenters. The number of thiol groups is 1. The number of hydrogen-bond donors (Lipinski definition) is 2. The van der Waals surface area contributed by atoms with Crippen LogP contribution in [0.25, 0.3) is 5.69 Å². The second-order valence-corrected chi connectivity index (χ2v) is 4.59. The summed E-state index contributed by atoms with van der Waals surface area (Å²) >= 11 is 10.1. The molecule has 1 N–H and O–H groups in total. The molecule has 2 rings (SSSR count). The molecule has 0 saturated heterocycles. The molecule has 0 aliphatic heterocycles. The van der Waals surface area contributed by atoms with Crippen LogP contribution in [0.3, 0.4) is 0 Å². The summed E-state index contributed by atoms with van der Waals surface area (Å²) in [4.78, 5) is 11.9. The fraction of sp³-hybridized carbons (Fsp3) is 0.154. The van der Waals surface area contributed by atoms with E-state index in [1.54, 1.807) is 12.1 Å². The predicted molar refractivity (Wildman–Crippen MR) is 77.0 cm³/mol. The van der Waals surface area contributed by atoms with Crippen LogP contribution in [0.5, 0.6) is 0 Å². The van der Waals surface area contributed by atoms with Crippen molar-refractivity contribution in [2.24, 2.45) is 0 Å². The van der Waals surface area contributed by atoms with Crippen LogP contribution in [-0.4, -0.2) is 22.8 Å². The van der Waals surface area contributed by atoms with Crippen LogP contribution in [0.1, 0.15) is 10.4 Å². The maximum atomic E-state index is 11.9. The fourth-order valence-corrected chi connectivity index (χ4v) is 1.93. The lowest BCUT2D eigenvalue weighted by Gasteiger charge is -2.09. The monoisotopic (exact) mass is 280 g/mol. The zero-order valence-corrected chi connectivity index (χ0v) is 11.3. The molecule has 3 nitrogen and oxygen atoms in total. The summed E-state index contributed by atoms with van der Waals surface area (Å²) in [7, 11) is 0. The number of nitrogens with zero attached hydrogens (tertiary/aromatic N) is 1. The standard InChI is InChI=1S/C13H13ClN2OS/c14-12-4-3-10(16-6-1-2-7-16)9-11(12)13(17)15-5-8-18/h1-4,6-7,9,18H,5,8H2,(H,15,17). The molecular formula is C13H13ClN2OS. The number of rotatable bonds is 4. The lowest BCUT2D eigenvalue weighted by molar-refractivity contribution is 0.0956. The van der Waals surface area contributed by atoms with E-state index < -0.39 is 0 Å². The van der Waals surface area contributed by atoms with Gasteiger partial charge in [0, 0.05) is 30.4 Å². The van der Waals surface area contributed by atoms with E-state index in [0.717, 1.165) is 5.69 Å². The van der Waals surface area contributed by atoms with Crippen molar-refractivity contribution in [2.75, 3.05) is 12.3 Å². The van der Waals surface area contributed by atoms with Crippen molar-refractivity contribution in [1.82, 2.24) is 9.88 Å². The van der Waals surface area contributed by atoms with Gasteiger partial charge in [-0.05, 0) is 30.3 Å². The predicted octanol–water partition coefficient (Wildman–Crippen LogP) is 2.79. The molecule has 1 aromatic carbocycles. The van der Waals surface area contributed by atoms with Gasteiger partial charge in [0.15, 0.2) is 0 Å². The van der Waals surface area contributed by atoms with Crippen molar-refractivity contribution in [3.05, 3.63) is 53.3 Å². The van der Waals surface area contributed by atoms with Crippen molar-refractivity contribution in [3.63, 3.8) is 0 Å². The highest BCUT2D eigenvalue weighted by Crippen LogP contribution is 2.20. The van der Waals surface area contributed by atoms with Gasteiger partial charge in [0.25, 0.3) is 5.91 Å². The zero-order valence-electron chi connectivity index (χ0n) is 9.64. The molecule has 0 bridgehead atoms. The van der Waals surface area contributed by atoms with E-state index in [2.05, 4.69) is 17.9 Å². The third kappa shape index (κ3) is 2.89. The number of amides is 1. The maximum absolute atomic E-state index is 11.9. The SMILES string of the molecule is O=C(NCCS)c1cc(-n2cccc2)ccc1Cl. The van der Waals surface area contributed by atoms with Crippen molar-refractivity contribution < 1.29 is 4.79 Å². The zero-order chi connectivity index (χ0) is 13.0. The summed E-state index contributed by atoms with van der Waals surface area (Å²) in [6.45, 7) is 0.520. The van der Waals surface area contributed by atoms with Gasteiger partial charge >= 0.3 is 0 Å². The van der Waals surface area contributed by atoms with Gasteiger partial charge in [-0.25, -0.2) is 0 Å². The van der Waals surface area contributed by atoms with Crippen LogP contribution in [0.2, 0.25) is 5.02 Å². The molecule has 0 unspecified atom stereocenters. The molecule has 0 radical (unpaired) electrons. The summed E-state index contributed by atoms with van der Waals surface area (Å²) in [6, 6.07) is 9.23. The number of carbonyl (C=O) groups is 1. The topological polar surface area (TPSA) is 34.0 Å². The minimum atomic E-state index is -0.178. The average Bonchev–Trinajstić information content (AvgIpc) is 2.90. The largest absolute Gasteiger partial charge is 0.351 e. The molecule has 1 heterocycles. The summed E-state index contributed by atoms with van der Waals surface area (Å²) in [5.41, 5.74) is 1.38. The van der Waals surface area contributed by atoms with E-state index >= 15 is 0 Å². The highest BCUT2D eigenvalue weighted by atomic mass is 35.5. The van der Waals surface area contributed by atoms with E-state index in [9.17, 15) is 4.79 Å². The molecule has 0 spiro atoms. The number of nitrogens with one attached hydrogen (secondary N) is 1. The number of aromatic nitrogens is 1. The van der Waals surface area contributed by atoms with Crippen LogP contribution in [0, 0.1) is 0 Å². The molecule has 0 aliphatic rings. The Morgan fingerprint density at radius 1 is 1.33 bits per heavy atom. The first-order valence-corrected chi connectivity index (χ1v) is 6.55. The van der Waals surface area contributed by atoms with E-state index in [0.29, 0.717) is 22.9 Å². The normalized spacial score (nSPS) is 10.3. The molecule has 2 aromatic rings. The Morgan fingerprint density at radius 3 is 2.72 bits per heavy atom. The molecular weight excluding hydrogens is 268 g/mol. The number of halogens is 1. The quantitative estimate of drug-likeness (QED) is 0.830. The van der Waals surface area contributed by atoms with Crippen molar-refractivity contribution >= 4 is 30.1 Å². The van der Waals surface area contributed by atoms with Gasteiger partial charge in [-0.1, -0.05) is 11.6 Å². The number of carbonyl (C=O) groups excluding carboxylic acids is 1. The molecule has 0 fully saturated rings. The third-order valence-corrected chi connectivity index (χ3v) is 3.05. The van der Waals surface area contributed by atoms with Crippen LogP contribution in [-0.2, 0) is 0 Å². The molecule has 1 amide bonds. The molecule has 1 aromatic heterocycles. The molecule has 0 aliphatic carbocycles. The molecule has 94 valence electrons. The van der Waals surface area contributed by atoms with Crippen molar-refractivity contribution in [3.8, 4) is 5.69 Å². The Bertz CT molecular complexity index is 540. The molecule has 18 heavy (non-hydrogen) atoms. The van der Waals surface area contributed by atoms with E-state index in [4.69, 9.17) is 11.6 Å². The van der Waals surface area contributed by atoms with Gasteiger partial charge in [-0.3, -0.25) is 4.79 Å². The van der Waals surface area contributed by atoms with Crippen molar-refractivity contribution in [2.45, 2.75) is 0 Å². The highest BCUT2D eigenvalue weighted by Gasteiger charge is 2.10. The summed E-state index contributed by atoms with van der Waals surface area (Å²) in [6.07, 6.45) is 3.83. The van der Waals surface area contributed by atoms with Crippen LogP contribution in [0.15, 0.2) is 42.7 Å².